The molecule has 0 unspecified atom stereocenters. The minimum absolute atomic E-state index is 0.0435. The third kappa shape index (κ3) is 3.30. The molecular weight excluding hydrogens is 239 g/mol. The third-order valence-electron chi connectivity index (χ3n) is 2.32. The highest BCUT2D eigenvalue weighted by Crippen LogP contribution is 2.36. The highest BCUT2D eigenvalue weighted by atomic mass is 31.2. The molecule has 1 aromatic carbocycles. The van der Waals surface area contributed by atoms with E-state index >= 15 is 0 Å². The van der Waals surface area contributed by atoms with Crippen molar-refractivity contribution in [3.8, 4) is 5.75 Å². The zero-order valence-electron chi connectivity index (χ0n) is 9.33. The maximum atomic E-state index is 11.2. The minimum atomic E-state index is -4.32. The summed E-state index contributed by atoms with van der Waals surface area (Å²) < 4.78 is 11.2. The summed E-state index contributed by atoms with van der Waals surface area (Å²) in [5.74, 6) is 0.0435. The van der Waals surface area contributed by atoms with Crippen molar-refractivity contribution in [2.75, 3.05) is 0 Å². The summed E-state index contributed by atoms with van der Waals surface area (Å²) in [4.78, 5) is 18.3. The molecule has 0 aliphatic heterocycles. The molecule has 0 saturated heterocycles. The van der Waals surface area contributed by atoms with Gasteiger partial charge in [-0.25, -0.2) is 0 Å². The van der Waals surface area contributed by atoms with Crippen LogP contribution in [-0.4, -0.2) is 14.9 Å². The molecule has 0 saturated carbocycles. The molecule has 0 heterocycles. The number of rotatable bonds is 5. The number of allylic oxidation sites excluding steroid dienone is 2. The maximum absolute atomic E-state index is 11.2. The van der Waals surface area contributed by atoms with Crippen molar-refractivity contribution < 1.29 is 19.5 Å². The summed E-state index contributed by atoms with van der Waals surface area (Å²) in [5.41, 5.74) is 0.912. The quantitative estimate of drug-likeness (QED) is 0.551. The molecule has 4 nitrogen and oxygen atoms in total. The van der Waals surface area contributed by atoms with E-state index in [0.29, 0.717) is 24.0 Å². The van der Waals surface area contributed by atoms with Gasteiger partial charge in [-0.2, -0.15) is 0 Å². The number of hydrogen-bond acceptors (Lipinski definition) is 2. The van der Waals surface area contributed by atoms with Gasteiger partial charge in [-0.3, -0.25) is 4.57 Å². The molecule has 0 bridgehead atoms. The molecule has 0 spiro atoms. The zero-order valence-corrected chi connectivity index (χ0v) is 10.2. The molecule has 3 N–H and O–H groups in total. The van der Waals surface area contributed by atoms with Crippen molar-refractivity contribution in [1.29, 1.82) is 0 Å². The molecule has 1 aromatic rings. The van der Waals surface area contributed by atoms with Gasteiger partial charge < -0.3 is 14.9 Å². The van der Waals surface area contributed by atoms with Crippen molar-refractivity contribution in [3.05, 3.63) is 48.6 Å². The van der Waals surface area contributed by atoms with Crippen molar-refractivity contribution in [3.63, 3.8) is 0 Å². The van der Waals surface area contributed by atoms with Crippen LogP contribution in [0.25, 0.3) is 0 Å². The molecule has 0 atom stereocenters. The lowest BCUT2D eigenvalue weighted by atomic mass is 10.0. The summed E-state index contributed by atoms with van der Waals surface area (Å²) >= 11 is 0. The van der Waals surface area contributed by atoms with Crippen molar-refractivity contribution >= 4 is 12.9 Å². The lowest BCUT2D eigenvalue weighted by molar-refractivity contribution is 0.387. The van der Waals surface area contributed by atoms with Crippen LogP contribution in [0.4, 0.5) is 0 Å². The second kappa shape index (κ2) is 5.32. The van der Waals surface area contributed by atoms with E-state index in [-0.39, 0.29) is 11.1 Å². The SMILES string of the molecule is C=CCc1cc(P(=O)(O)O)cc(CC=C)c1O. The van der Waals surface area contributed by atoms with E-state index in [1.807, 2.05) is 0 Å². The van der Waals surface area contributed by atoms with E-state index < -0.39 is 7.60 Å². The summed E-state index contributed by atoms with van der Waals surface area (Å²) in [6.07, 6.45) is 3.83. The monoisotopic (exact) mass is 254 g/mol. The van der Waals surface area contributed by atoms with Gasteiger partial charge >= 0.3 is 7.60 Å². The molecule has 0 aromatic heterocycles. The second-order valence-corrected chi connectivity index (χ2v) is 5.25. The maximum Gasteiger partial charge on any atom is 0.356 e. The second-order valence-electron chi connectivity index (χ2n) is 3.64. The Kier molecular flexibility index (Phi) is 4.29. The first-order valence-electron chi connectivity index (χ1n) is 5.02. The zero-order chi connectivity index (χ0) is 13.1. The van der Waals surface area contributed by atoms with Gasteiger partial charge in [0.15, 0.2) is 0 Å². The van der Waals surface area contributed by atoms with Gasteiger partial charge in [-0.1, -0.05) is 12.2 Å². The van der Waals surface area contributed by atoms with Crippen LogP contribution >= 0.6 is 7.60 Å². The van der Waals surface area contributed by atoms with Crippen molar-refractivity contribution in [2.24, 2.45) is 0 Å². The molecule has 5 heteroatoms. The smallest absolute Gasteiger partial charge is 0.356 e. The summed E-state index contributed by atoms with van der Waals surface area (Å²) in [6.45, 7) is 7.08. The molecule has 0 amide bonds. The Morgan fingerprint density at radius 3 is 1.82 bits per heavy atom. The Balaban J connectivity index is 3.40. The van der Waals surface area contributed by atoms with Crippen LogP contribution in [0.1, 0.15) is 11.1 Å². The van der Waals surface area contributed by atoms with E-state index in [4.69, 9.17) is 9.79 Å². The average Bonchev–Trinajstić information content (AvgIpc) is 2.22. The Morgan fingerprint density at radius 1 is 1.12 bits per heavy atom. The van der Waals surface area contributed by atoms with Gasteiger partial charge in [0, 0.05) is 0 Å². The van der Waals surface area contributed by atoms with Crippen molar-refractivity contribution in [2.45, 2.75) is 12.8 Å². The first-order valence-corrected chi connectivity index (χ1v) is 6.64. The van der Waals surface area contributed by atoms with E-state index in [0.717, 1.165) is 0 Å². The first-order chi connectivity index (χ1) is 7.90. The fraction of sp³-hybridized carbons (Fsp3) is 0.167. The van der Waals surface area contributed by atoms with E-state index in [1.165, 1.54) is 12.1 Å². The molecule has 0 radical (unpaired) electrons. The number of phenols is 1. The fourth-order valence-electron chi connectivity index (χ4n) is 1.53. The van der Waals surface area contributed by atoms with Gasteiger partial charge in [-0.05, 0) is 36.1 Å². The minimum Gasteiger partial charge on any atom is -0.507 e. The topological polar surface area (TPSA) is 77.8 Å². The van der Waals surface area contributed by atoms with Gasteiger partial charge in [0.25, 0.3) is 0 Å². The molecule has 92 valence electrons. The lowest BCUT2D eigenvalue weighted by Crippen LogP contribution is -2.07. The molecular formula is C12H15O4P. The van der Waals surface area contributed by atoms with Crippen LogP contribution in [0.3, 0.4) is 0 Å². The summed E-state index contributed by atoms with van der Waals surface area (Å²) in [5, 5.41) is 9.80. The van der Waals surface area contributed by atoms with Crippen LogP contribution in [-0.2, 0) is 17.4 Å². The highest BCUT2D eigenvalue weighted by Gasteiger charge is 2.20. The predicted octanol–water partition coefficient (Wildman–Crippen LogP) is 1.65. The Morgan fingerprint density at radius 2 is 1.53 bits per heavy atom. The van der Waals surface area contributed by atoms with E-state index in [2.05, 4.69) is 13.2 Å². The molecule has 1 rings (SSSR count). The van der Waals surface area contributed by atoms with Crippen LogP contribution in [0.15, 0.2) is 37.4 Å². The summed E-state index contributed by atoms with van der Waals surface area (Å²) in [6, 6.07) is 2.62. The van der Waals surface area contributed by atoms with Crippen molar-refractivity contribution in [1.82, 2.24) is 0 Å². The predicted molar refractivity (Wildman–Crippen MR) is 67.6 cm³/mol. The van der Waals surface area contributed by atoms with E-state index in [1.54, 1.807) is 12.2 Å². The Labute approximate surface area is 100 Å². The number of hydrogen-bond donors (Lipinski definition) is 3. The van der Waals surface area contributed by atoms with Gasteiger partial charge in [-0.15, -0.1) is 13.2 Å². The summed E-state index contributed by atoms with van der Waals surface area (Å²) in [7, 11) is -4.32. The Bertz CT molecular complexity index is 456. The molecule has 0 aliphatic rings. The normalized spacial score (nSPS) is 11.2. The number of phenolic OH excluding ortho intramolecular Hbond substituents is 1. The third-order valence-corrected chi connectivity index (χ3v) is 3.25. The van der Waals surface area contributed by atoms with Crippen LogP contribution < -0.4 is 5.30 Å². The van der Waals surface area contributed by atoms with Crippen LogP contribution in [0.5, 0.6) is 5.75 Å². The standard InChI is InChI=1S/C12H15O4P/c1-3-5-9-7-11(17(14,15)16)8-10(6-4-2)12(9)13/h3-4,7-8,13H,1-2,5-6H2,(H2,14,15,16). The van der Waals surface area contributed by atoms with Crippen LogP contribution in [0.2, 0.25) is 0 Å². The largest absolute Gasteiger partial charge is 0.507 e. The lowest BCUT2D eigenvalue weighted by Gasteiger charge is -2.12. The molecule has 17 heavy (non-hydrogen) atoms. The van der Waals surface area contributed by atoms with Crippen LogP contribution in [0, 0.1) is 0 Å². The number of aromatic hydroxyl groups is 1. The Hall–Kier alpha value is -1.35. The van der Waals surface area contributed by atoms with Gasteiger partial charge in [0.05, 0.1) is 5.30 Å². The molecule has 0 aliphatic carbocycles. The molecule has 0 fully saturated rings. The van der Waals surface area contributed by atoms with E-state index in [9.17, 15) is 9.67 Å². The first kappa shape index (κ1) is 13.7. The highest BCUT2D eigenvalue weighted by molar-refractivity contribution is 7.60. The fourth-order valence-corrected chi connectivity index (χ4v) is 2.18. The van der Waals surface area contributed by atoms with Gasteiger partial charge in [0.1, 0.15) is 5.75 Å². The van der Waals surface area contributed by atoms with Gasteiger partial charge in [0.2, 0.25) is 0 Å². The number of benzene rings is 1. The average molecular weight is 254 g/mol.